The van der Waals surface area contributed by atoms with Crippen molar-refractivity contribution in [1.82, 2.24) is 14.8 Å². The predicted molar refractivity (Wildman–Crippen MR) is 117 cm³/mol. The van der Waals surface area contributed by atoms with Gasteiger partial charge in [-0.1, -0.05) is 49.9 Å². The molecule has 2 heterocycles. The van der Waals surface area contributed by atoms with E-state index >= 15 is 0 Å². The van der Waals surface area contributed by atoms with Crippen LogP contribution in [-0.4, -0.2) is 20.5 Å². The molecule has 0 radical (unpaired) electrons. The number of hydrogen-bond donors (Lipinski definition) is 1. The van der Waals surface area contributed by atoms with E-state index in [2.05, 4.69) is 17.1 Å². The Balaban J connectivity index is 1.86. The number of hydrogen-bond acceptors (Lipinski definition) is 5. The quantitative estimate of drug-likeness (QED) is 0.542. The average Bonchev–Trinajstić information content (AvgIpc) is 3.38. The van der Waals surface area contributed by atoms with E-state index in [1.54, 1.807) is 23.5 Å². The Bertz CT molecular complexity index is 1020. The van der Waals surface area contributed by atoms with Gasteiger partial charge in [-0.15, -0.1) is 21.5 Å². The van der Waals surface area contributed by atoms with Crippen molar-refractivity contribution in [3.8, 4) is 5.00 Å². The first-order valence-corrected chi connectivity index (χ1v) is 11.4. The molecule has 29 heavy (non-hydrogen) atoms. The van der Waals surface area contributed by atoms with Gasteiger partial charge in [0.15, 0.2) is 11.6 Å². The molecule has 0 spiro atoms. The molecule has 3 aromatic rings. The molecule has 5 nitrogen and oxygen atoms in total. The highest BCUT2D eigenvalue weighted by Crippen LogP contribution is 2.37. The highest BCUT2D eigenvalue weighted by molar-refractivity contribution is 7.15. The summed E-state index contributed by atoms with van der Waals surface area (Å²) in [4.78, 5) is 14.6. The summed E-state index contributed by atoms with van der Waals surface area (Å²) in [6.45, 7) is 2.37. The molecule has 0 saturated heterocycles. The van der Waals surface area contributed by atoms with Crippen molar-refractivity contribution >= 4 is 28.7 Å². The normalized spacial score (nSPS) is 15.0. The van der Waals surface area contributed by atoms with Crippen LogP contribution >= 0.6 is 22.9 Å². The van der Waals surface area contributed by atoms with Crippen LogP contribution in [0.2, 0.25) is 5.02 Å². The Morgan fingerprint density at radius 1 is 1.21 bits per heavy atom. The Hall–Kier alpha value is -2.02. The Morgan fingerprint density at radius 3 is 2.66 bits per heavy atom. The standard InChI is InChI=1S/C22H25ClN4OS/c1-2-15-12-17(20(28)16-10-6-7-11-18(16)23)22(29-15)27-19(13-24)25-26-21(27)14-8-4-3-5-9-14/h6-7,10-12,14H,2-5,8-9,13,24H2,1H3. The second-order valence-corrected chi connectivity index (χ2v) is 8.97. The van der Waals surface area contributed by atoms with Crippen molar-refractivity contribution in [2.75, 3.05) is 0 Å². The first kappa shape index (κ1) is 20.3. The lowest BCUT2D eigenvalue weighted by Gasteiger charge is -2.22. The summed E-state index contributed by atoms with van der Waals surface area (Å²) >= 11 is 7.95. The van der Waals surface area contributed by atoms with E-state index in [0.717, 1.165) is 35.0 Å². The summed E-state index contributed by atoms with van der Waals surface area (Å²) < 4.78 is 2.05. The van der Waals surface area contributed by atoms with Gasteiger partial charge >= 0.3 is 0 Å². The van der Waals surface area contributed by atoms with E-state index in [4.69, 9.17) is 17.3 Å². The molecule has 1 aromatic carbocycles. The number of carbonyl (C=O) groups excluding carboxylic acids is 1. The van der Waals surface area contributed by atoms with Crippen molar-refractivity contribution in [1.29, 1.82) is 0 Å². The lowest BCUT2D eigenvalue weighted by Crippen LogP contribution is -2.15. The van der Waals surface area contributed by atoms with Gasteiger partial charge in [-0.3, -0.25) is 9.36 Å². The summed E-state index contributed by atoms with van der Waals surface area (Å²) in [7, 11) is 0. The molecule has 0 unspecified atom stereocenters. The van der Waals surface area contributed by atoms with Crippen LogP contribution in [0.3, 0.4) is 0 Å². The van der Waals surface area contributed by atoms with Gasteiger partial charge < -0.3 is 5.73 Å². The van der Waals surface area contributed by atoms with Crippen molar-refractivity contribution in [3.63, 3.8) is 0 Å². The Labute approximate surface area is 179 Å². The van der Waals surface area contributed by atoms with Crippen LogP contribution in [0, 0.1) is 0 Å². The van der Waals surface area contributed by atoms with Crippen LogP contribution in [0.25, 0.3) is 5.00 Å². The van der Waals surface area contributed by atoms with E-state index in [9.17, 15) is 4.79 Å². The van der Waals surface area contributed by atoms with Gasteiger partial charge in [-0.2, -0.15) is 0 Å². The van der Waals surface area contributed by atoms with Crippen LogP contribution in [0.4, 0.5) is 0 Å². The molecule has 7 heteroatoms. The van der Waals surface area contributed by atoms with Gasteiger partial charge in [0.1, 0.15) is 10.8 Å². The van der Waals surface area contributed by atoms with Gasteiger partial charge in [0.25, 0.3) is 0 Å². The van der Waals surface area contributed by atoms with E-state index < -0.39 is 0 Å². The number of nitrogens with two attached hydrogens (primary N) is 1. The number of rotatable bonds is 6. The molecule has 1 saturated carbocycles. The molecule has 1 fully saturated rings. The minimum atomic E-state index is -0.0761. The smallest absolute Gasteiger partial charge is 0.197 e. The van der Waals surface area contributed by atoms with Crippen LogP contribution in [0.15, 0.2) is 30.3 Å². The zero-order valence-electron chi connectivity index (χ0n) is 16.5. The minimum Gasteiger partial charge on any atom is -0.324 e. The zero-order chi connectivity index (χ0) is 20.4. The summed E-state index contributed by atoms with van der Waals surface area (Å²) in [6.07, 6.45) is 6.72. The number of thiophene rings is 1. The molecule has 152 valence electrons. The molecule has 0 aliphatic heterocycles. The maximum Gasteiger partial charge on any atom is 0.197 e. The fraction of sp³-hybridized carbons (Fsp3) is 0.409. The van der Waals surface area contributed by atoms with Gasteiger partial charge in [-0.25, -0.2) is 0 Å². The number of carbonyl (C=O) groups is 1. The summed E-state index contributed by atoms with van der Waals surface area (Å²) in [5.41, 5.74) is 7.16. The fourth-order valence-corrected chi connectivity index (χ4v) is 5.38. The molecule has 2 aromatic heterocycles. The largest absolute Gasteiger partial charge is 0.324 e. The molecular weight excluding hydrogens is 404 g/mol. The third-order valence-corrected chi connectivity index (χ3v) is 7.18. The first-order valence-electron chi connectivity index (χ1n) is 10.2. The molecule has 0 amide bonds. The second-order valence-electron chi connectivity index (χ2n) is 7.44. The molecule has 2 N–H and O–H groups in total. The lowest BCUT2D eigenvalue weighted by atomic mass is 9.88. The van der Waals surface area contributed by atoms with Crippen molar-refractivity contribution in [2.24, 2.45) is 5.73 Å². The second kappa shape index (κ2) is 8.78. The number of aromatic nitrogens is 3. The topological polar surface area (TPSA) is 73.8 Å². The summed E-state index contributed by atoms with van der Waals surface area (Å²) in [5, 5.41) is 10.2. The number of halogens is 1. The van der Waals surface area contributed by atoms with E-state index in [1.807, 2.05) is 22.8 Å². The number of benzene rings is 1. The molecule has 1 aliphatic rings. The highest BCUT2D eigenvalue weighted by atomic mass is 35.5. The van der Waals surface area contributed by atoms with E-state index in [0.29, 0.717) is 27.9 Å². The minimum absolute atomic E-state index is 0.0761. The number of nitrogens with zero attached hydrogens (tertiary/aromatic N) is 3. The van der Waals surface area contributed by atoms with Crippen LogP contribution in [-0.2, 0) is 13.0 Å². The molecule has 0 bridgehead atoms. The Morgan fingerprint density at radius 2 is 1.97 bits per heavy atom. The van der Waals surface area contributed by atoms with Crippen molar-refractivity contribution in [3.05, 3.63) is 63.0 Å². The molecule has 0 atom stereocenters. The Kier molecular flexibility index (Phi) is 6.13. The molecule has 4 rings (SSSR count). The van der Waals surface area contributed by atoms with Gasteiger partial charge in [-0.05, 0) is 37.5 Å². The van der Waals surface area contributed by atoms with Crippen LogP contribution in [0.5, 0.6) is 0 Å². The van der Waals surface area contributed by atoms with Crippen LogP contribution in [0.1, 0.15) is 77.4 Å². The van der Waals surface area contributed by atoms with Gasteiger partial charge in [0.2, 0.25) is 0 Å². The van der Waals surface area contributed by atoms with Gasteiger partial charge in [0, 0.05) is 16.4 Å². The maximum atomic E-state index is 13.4. The first-order chi connectivity index (χ1) is 14.1. The molecular formula is C22H25ClN4OS. The summed E-state index contributed by atoms with van der Waals surface area (Å²) in [6, 6.07) is 9.17. The zero-order valence-corrected chi connectivity index (χ0v) is 18.1. The third kappa shape index (κ3) is 3.89. The maximum absolute atomic E-state index is 13.4. The molecule has 1 aliphatic carbocycles. The van der Waals surface area contributed by atoms with Crippen LogP contribution < -0.4 is 5.73 Å². The highest BCUT2D eigenvalue weighted by Gasteiger charge is 2.28. The van der Waals surface area contributed by atoms with E-state index in [-0.39, 0.29) is 12.3 Å². The summed E-state index contributed by atoms with van der Waals surface area (Å²) in [5.74, 6) is 1.91. The predicted octanol–water partition coefficient (Wildman–Crippen LogP) is 5.28. The lowest BCUT2D eigenvalue weighted by molar-refractivity contribution is 0.103. The van der Waals surface area contributed by atoms with Gasteiger partial charge in [0.05, 0.1) is 17.1 Å². The van der Waals surface area contributed by atoms with E-state index in [1.165, 1.54) is 19.3 Å². The third-order valence-electron chi connectivity index (χ3n) is 5.59. The van der Waals surface area contributed by atoms with Crippen molar-refractivity contribution < 1.29 is 4.79 Å². The average molecular weight is 429 g/mol. The number of ketones is 1. The number of aryl methyl sites for hydroxylation is 1. The monoisotopic (exact) mass is 428 g/mol. The van der Waals surface area contributed by atoms with Crippen molar-refractivity contribution in [2.45, 2.75) is 57.9 Å². The fourth-order valence-electron chi connectivity index (χ4n) is 4.03. The SMILES string of the molecule is CCc1cc(C(=O)c2ccccc2Cl)c(-n2c(CN)nnc2C2CCCCC2)s1.